The fourth-order valence-electron chi connectivity index (χ4n) is 1.33. The van der Waals surface area contributed by atoms with Gasteiger partial charge in [-0.2, -0.15) is 0 Å². The summed E-state index contributed by atoms with van der Waals surface area (Å²) in [5.41, 5.74) is 6.09. The van der Waals surface area contributed by atoms with Crippen LogP contribution in [-0.4, -0.2) is 34.6 Å². The number of hydrogen-bond acceptors (Lipinski definition) is 5. The van der Waals surface area contributed by atoms with Gasteiger partial charge in [0.05, 0.1) is 6.04 Å². The van der Waals surface area contributed by atoms with Crippen molar-refractivity contribution in [2.24, 2.45) is 17.5 Å². The summed E-state index contributed by atoms with van der Waals surface area (Å²) < 4.78 is 0. The molecular formula is C10H20N4O3. The highest BCUT2D eigenvalue weighted by atomic mass is 16.4. The summed E-state index contributed by atoms with van der Waals surface area (Å²) in [6.07, 6.45) is 1.31. The average Bonchev–Trinajstić information content (AvgIpc) is 2.11. The molecule has 0 fully saturated rings. The van der Waals surface area contributed by atoms with E-state index in [1.165, 1.54) is 13.1 Å². The molecule has 0 aliphatic rings. The van der Waals surface area contributed by atoms with Gasteiger partial charge in [-0.05, 0) is 5.92 Å². The van der Waals surface area contributed by atoms with Crippen molar-refractivity contribution in [1.82, 2.24) is 10.3 Å². The summed E-state index contributed by atoms with van der Waals surface area (Å²) in [7, 11) is 0. The van der Waals surface area contributed by atoms with Crippen molar-refractivity contribution in [2.45, 2.75) is 26.8 Å². The molecule has 1 unspecified atom stereocenters. The van der Waals surface area contributed by atoms with Crippen molar-refractivity contribution in [3.05, 3.63) is 11.9 Å². The predicted molar refractivity (Wildman–Crippen MR) is 63.2 cm³/mol. The van der Waals surface area contributed by atoms with Crippen molar-refractivity contribution in [2.75, 3.05) is 6.54 Å². The van der Waals surface area contributed by atoms with E-state index in [2.05, 4.69) is 5.32 Å². The number of hydrazine groups is 1. The minimum Gasteiger partial charge on any atom is -0.480 e. The fraction of sp³-hybridized carbons (Fsp3) is 0.600. The second-order valence-electron chi connectivity index (χ2n) is 4.12. The summed E-state index contributed by atoms with van der Waals surface area (Å²) in [6, 6.07) is -0.368. The number of hydrogen-bond donors (Lipinski definition) is 4. The third-order valence-electron chi connectivity index (χ3n) is 2.02. The normalized spacial score (nSPS) is 13.4. The Kier molecular flexibility index (Phi) is 6.05. The van der Waals surface area contributed by atoms with Crippen LogP contribution in [0.25, 0.3) is 0 Å². The van der Waals surface area contributed by atoms with Crippen molar-refractivity contribution < 1.29 is 14.7 Å². The molecule has 1 atom stereocenters. The fourth-order valence-corrected chi connectivity index (χ4v) is 1.33. The van der Waals surface area contributed by atoms with Gasteiger partial charge in [0.2, 0.25) is 5.91 Å². The molecule has 17 heavy (non-hydrogen) atoms. The van der Waals surface area contributed by atoms with Crippen molar-refractivity contribution in [3.8, 4) is 0 Å². The summed E-state index contributed by atoms with van der Waals surface area (Å²) >= 11 is 0. The van der Waals surface area contributed by atoms with Gasteiger partial charge in [-0.3, -0.25) is 9.59 Å². The number of nitrogens with two attached hydrogens (primary N) is 2. The topological polar surface area (TPSA) is 122 Å². The van der Waals surface area contributed by atoms with Crippen LogP contribution in [-0.2, 0) is 9.59 Å². The maximum absolute atomic E-state index is 11.0. The number of aliphatic carboxylic acids is 1. The molecular weight excluding hydrogens is 224 g/mol. The number of carbonyl (C=O) groups is 2. The molecule has 1 amide bonds. The number of carbonyl (C=O) groups excluding carboxylic acids is 1. The molecule has 0 radical (unpaired) electrons. The molecule has 6 N–H and O–H groups in total. The van der Waals surface area contributed by atoms with Crippen LogP contribution >= 0.6 is 0 Å². The minimum absolute atomic E-state index is 0.0772. The van der Waals surface area contributed by atoms with E-state index in [4.69, 9.17) is 16.7 Å². The molecule has 0 aliphatic carbocycles. The third-order valence-corrected chi connectivity index (χ3v) is 2.02. The van der Waals surface area contributed by atoms with Gasteiger partial charge in [0, 0.05) is 18.8 Å². The number of amides is 1. The number of rotatable bonds is 6. The lowest BCUT2D eigenvalue weighted by molar-refractivity contribution is -0.137. The second-order valence-corrected chi connectivity index (χ2v) is 4.12. The van der Waals surface area contributed by atoms with Crippen LogP contribution in [0.4, 0.5) is 0 Å². The van der Waals surface area contributed by atoms with Gasteiger partial charge in [0.25, 0.3) is 0 Å². The highest BCUT2D eigenvalue weighted by Crippen LogP contribution is 2.08. The Morgan fingerprint density at radius 2 is 2.00 bits per heavy atom. The lowest BCUT2D eigenvalue weighted by Crippen LogP contribution is -2.43. The van der Waals surface area contributed by atoms with Gasteiger partial charge >= 0.3 is 5.97 Å². The van der Waals surface area contributed by atoms with E-state index < -0.39 is 5.97 Å². The van der Waals surface area contributed by atoms with Crippen molar-refractivity contribution >= 4 is 11.9 Å². The first-order chi connectivity index (χ1) is 7.73. The van der Waals surface area contributed by atoms with Crippen LogP contribution in [0, 0.1) is 5.92 Å². The maximum Gasteiger partial charge on any atom is 0.324 e. The Morgan fingerprint density at radius 3 is 2.35 bits per heavy atom. The molecule has 0 aromatic heterocycles. The van der Waals surface area contributed by atoms with E-state index in [-0.39, 0.29) is 24.4 Å². The smallest absolute Gasteiger partial charge is 0.324 e. The van der Waals surface area contributed by atoms with E-state index in [0.29, 0.717) is 5.70 Å². The van der Waals surface area contributed by atoms with Crippen LogP contribution in [0.2, 0.25) is 0 Å². The summed E-state index contributed by atoms with van der Waals surface area (Å²) in [5.74, 6) is 4.24. The van der Waals surface area contributed by atoms with Crippen molar-refractivity contribution in [1.29, 1.82) is 0 Å². The Balaban J connectivity index is 4.69. The van der Waals surface area contributed by atoms with E-state index in [9.17, 15) is 9.59 Å². The van der Waals surface area contributed by atoms with Gasteiger partial charge in [-0.25, -0.2) is 5.84 Å². The van der Waals surface area contributed by atoms with Gasteiger partial charge in [-0.15, -0.1) is 0 Å². The average molecular weight is 244 g/mol. The lowest BCUT2D eigenvalue weighted by Gasteiger charge is -2.23. The van der Waals surface area contributed by atoms with Crippen LogP contribution in [0.15, 0.2) is 11.9 Å². The van der Waals surface area contributed by atoms with E-state index in [1.807, 2.05) is 13.8 Å². The number of nitrogens with zero attached hydrogens (tertiary/aromatic N) is 1. The Hall–Kier alpha value is -1.76. The van der Waals surface area contributed by atoms with E-state index >= 15 is 0 Å². The van der Waals surface area contributed by atoms with Crippen LogP contribution in [0.1, 0.15) is 20.8 Å². The number of carboxylic acids is 1. The molecule has 0 saturated heterocycles. The summed E-state index contributed by atoms with van der Waals surface area (Å²) in [4.78, 5) is 21.4. The third kappa shape index (κ3) is 6.41. The minimum atomic E-state index is -1.06. The molecule has 7 heteroatoms. The number of carboxylic acid groups (broad SMARTS) is 1. The first-order valence-corrected chi connectivity index (χ1v) is 5.21. The molecule has 98 valence electrons. The number of nitrogens with one attached hydrogen (secondary N) is 1. The Morgan fingerprint density at radius 1 is 1.47 bits per heavy atom. The summed E-state index contributed by atoms with van der Waals surface area (Å²) in [6.45, 7) is 4.81. The monoisotopic (exact) mass is 244 g/mol. The first-order valence-electron chi connectivity index (χ1n) is 5.21. The zero-order valence-electron chi connectivity index (χ0n) is 10.3. The van der Waals surface area contributed by atoms with Gasteiger partial charge < -0.3 is 21.2 Å². The SMILES string of the molecule is CC(=O)NC(/C(N)=C/N(N)CC(=O)O)C(C)C. The predicted octanol–water partition coefficient (Wildman–Crippen LogP) is -0.792. The molecule has 0 aromatic rings. The van der Waals surface area contributed by atoms with E-state index in [0.717, 1.165) is 5.01 Å². The Labute approximate surface area is 100 Å². The molecule has 0 aromatic carbocycles. The Bertz CT molecular complexity index is 315. The van der Waals surface area contributed by atoms with Crippen molar-refractivity contribution in [3.63, 3.8) is 0 Å². The molecule has 0 bridgehead atoms. The lowest BCUT2D eigenvalue weighted by atomic mass is 10.0. The molecule has 7 nitrogen and oxygen atoms in total. The van der Waals surface area contributed by atoms with Crippen LogP contribution in [0.3, 0.4) is 0 Å². The molecule has 0 aliphatic heterocycles. The second kappa shape index (κ2) is 6.74. The van der Waals surface area contributed by atoms with Crippen LogP contribution < -0.4 is 16.9 Å². The first kappa shape index (κ1) is 15.2. The van der Waals surface area contributed by atoms with Gasteiger partial charge in [0.1, 0.15) is 6.54 Å². The molecule has 0 rings (SSSR count). The van der Waals surface area contributed by atoms with E-state index in [1.54, 1.807) is 0 Å². The highest BCUT2D eigenvalue weighted by Gasteiger charge is 2.17. The van der Waals surface area contributed by atoms with Gasteiger partial charge in [0.15, 0.2) is 0 Å². The quantitative estimate of drug-likeness (QED) is 0.359. The summed E-state index contributed by atoms with van der Waals surface area (Å²) in [5, 5.41) is 12.2. The highest BCUT2D eigenvalue weighted by molar-refractivity contribution is 5.73. The van der Waals surface area contributed by atoms with Gasteiger partial charge in [-0.1, -0.05) is 13.8 Å². The zero-order valence-corrected chi connectivity index (χ0v) is 10.3. The van der Waals surface area contributed by atoms with Crippen LogP contribution in [0.5, 0.6) is 0 Å². The molecule has 0 heterocycles. The standard InChI is InChI=1S/C10H20N4O3/c1-6(2)10(13-7(3)15)8(11)4-14(12)5-9(16)17/h4,6,10H,5,11-12H2,1-3H3,(H,13,15)(H,16,17)/b8-4-. The molecule has 0 saturated carbocycles. The largest absolute Gasteiger partial charge is 0.480 e. The zero-order chi connectivity index (χ0) is 13.6. The molecule has 0 spiro atoms. The maximum atomic E-state index is 11.0.